The number of aromatic nitrogens is 3. The second kappa shape index (κ2) is 6.80. The van der Waals surface area contributed by atoms with E-state index in [4.69, 9.17) is 0 Å². The first-order valence-electron chi connectivity index (χ1n) is 8.54. The summed E-state index contributed by atoms with van der Waals surface area (Å²) in [5.74, 6) is -0.876. The molecule has 1 aromatic carbocycles. The van der Waals surface area contributed by atoms with Crippen molar-refractivity contribution in [1.82, 2.24) is 14.8 Å². The quantitative estimate of drug-likeness (QED) is 0.441. The number of hydrogen-bond acceptors (Lipinski definition) is 5. The zero-order valence-electron chi connectivity index (χ0n) is 16.2. The van der Waals surface area contributed by atoms with Crippen molar-refractivity contribution in [2.24, 2.45) is 0 Å². The summed E-state index contributed by atoms with van der Waals surface area (Å²) < 4.78 is 41.5. The van der Waals surface area contributed by atoms with Gasteiger partial charge in [-0.3, -0.25) is 9.59 Å². The standard InChI is InChI=1S/C17H17BBrF3N4O2S/c1-15(2,18)13(28)26-9-5-8(17(20,21)22)10-11(7(9)6-23-26)29-14(24-10)25-12(27)16(3,4)19/h5-6H,18H2,1-4H3,(H,24,25,27). The number of thiazole rings is 1. The van der Waals surface area contributed by atoms with Crippen LogP contribution in [0.1, 0.15) is 38.1 Å². The van der Waals surface area contributed by atoms with Crippen LogP contribution in [-0.4, -0.2) is 38.7 Å². The lowest BCUT2D eigenvalue weighted by Crippen LogP contribution is -2.30. The molecule has 0 saturated heterocycles. The second-order valence-electron chi connectivity index (χ2n) is 8.09. The third-order valence-electron chi connectivity index (χ3n) is 4.11. The highest BCUT2D eigenvalue weighted by Crippen LogP contribution is 2.42. The third-order valence-corrected chi connectivity index (χ3v) is 5.48. The van der Waals surface area contributed by atoms with Crippen molar-refractivity contribution in [3.63, 3.8) is 0 Å². The van der Waals surface area contributed by atoms with Gasteiger partial charge in [-0.25, -0.2) is 9.67 Å². The number of hydrogen-bond donors (Lipinski definition) is 1. The molecule has 3 rings (SSSR count). The average molecular weight is 489 g/mol. The van der Waals surface area contributed by atoms with E-state index in [1.54, 1.807) is 35.5 Å². The Hall–Kier alpha value is -1.95. The summed E-state index contributed by atoms with van der Waals surface area (Å²) in [6, 6.07) is 0.883. The Kier molecular flexibility index (Phi) is 5.10. The first kappa shape index (κ1) is 21.8. The highest BCUT2D eigenvalue weighted by Gasteiger charge is 2.37. The van der Waals surface area contributed by atoms with Crippen molar-refractivity contribution in [3.05, 3.63) is 17.8 Å². The highest BCUT2D eigenvalue weighted by molar-refractivity contribution is 9.10. The number of halogens is 4. The van der Waals surface area contributed by atoms with E-state index in [-0.39, 0.29) is 20.9 Å². The van der Waals surface area contributed by atoms with Gasteiger partial charge in [-0.15, -0.1) is 0 Å². The smallest absolute Gasteiger partial charge is 0.301 e. The SMILES string of the molecule is BC(C)(C)C(=O)n1ncc2c3sc(NC(=O)C(C)(C)Br)nc3c(C(F)(F)F)cc21. The lowest BCUT2D eigenvalue weighted by molar-refractivity contribution is -0.136. The van der Waals surface area contributed by atoms with Crippen LogP contribution in [0.4, 0.5) is 18.3 Å². The Morgan fingerprint density at radius 3 is 2.38 bits per heavy atom. The van der Waals surface area contributed by atoms with Crippen molar-refractivity contribution in [2.45, 2.75) is 43.5 Å². The van der Waals surface area contributed by atoms with Crippen LogP contribution < -0.4 is 5.32 Å². The molecule has 0 bridgehead atoms. The van der Waals surface area contributed by atoms with Gasteiger partial charge in [0, 0.05) is 10.7 Å². The summed E-state index contributed by atoms with van der Waals surface area (Å²) in [6.07, 6.45) is -3.35. The van der Waals surface area contributed by atoms with Gasteiger partial charge in [-0.05, 0) is 19.9 Å². The lowest BCUT2D eigenvalue weighted by Gasteiger charge is -2.17. The minimum atomic E-state index is -4.70. The van der Waals surface area contributed by atoms with Gasteiger partial charge in [0.15, 0.2) is 5.13 Å². The van der Waals surface area contributed by atoms with Gasteiger partial charge < -0.3 is 5.32 Å². The van der Waals surface area contributed by atoms with Crippen LogP contribution in [-0.2, 0) is 11.0 Å². The number of benzene rings is 1. The van der Waals surface area contributed by atoms with E-state index >= 15 is 0 Å². The monoisotopic (exact) mass is 488 g/mol. The fourth-order valence-electron chi connectivity index (χ4n) is 2.56. The van der Waals surface area contributed by atoms with E-state index < -0.39 is 33.2 Å². The Balaban J connectivity index is 2.27. The number of nitrogens with one attached hydrogen (secondary N) is 1. The average Bonchev–Trinajstić information content (AvgIpc) is 3.13. The molecule has 6 nitrogen and oxygen atoms in total. The van der Waals surface area contributed by atoms with E-state index in [1.807, 2.05) is 0 Å². The van der Waals surface area contributed by atoms with Gasteiger partial charge in [0.05, 0.1) is 31.8 Å². The maximum atomic E-state index is 13.7. The molecular formula is C17H17BBrF3N4O2S. The predicted molar refractivity (Wildman–Crippen MR) is 113 cm³/mol. The molecule has 2 heterocycles. The molecule has 0 spiro atoms. The molecule has 0 aliphatic heterocycles. The fourth-order valence-corrected chi connectivity index (χ4v) is 3.65. The van der Waals surface area contributed by atoms with Crippen molar-refractivity contribution in [3.8, 4) is 0 Å². The molecule has 12 heteroatoms. The summed E-state index contributed by atoms with van der Waals surface area (Å²) >= 11 is 4.11. The maximum Gasteiger partial charge on any atom is 0.418 e. The second-order valence-corrected chi connectivity index (χ2v) is 11.1. The minimum Gasteiger partial charge on any atom is -0.301 e. The summed E-state index contributed by atoms with van der Waals surface area (Å²) in [7, 11) is 1.66. The molecule has 2 aromatic heterocycles. The molecule has 0 aliphatic rings. The van der Waals surface area contributed by atoms with Crippen molar-refractivity contribution in [1.29, 1.82) is 0 Å². The molecule has 0 atom stereocenters. The molecule has 154 valence electrons. The first-order valence-corrected chi connectivity index (χ1v) is 10.2. The zero-order chi connectivity index (χ0) is 21.9. The van der Waals surface area contributed by atoms with Gasteiger partial charge >= 0.3 is 6.18 Å². The molecule has 1 N–H and O–H groups in total. The number of nitrogens with zero attached hydrogens (tertiary/aromatic N) is 3. The highest BCUT2D eigenvalue weighted by atomic mass is 79.9. The van der Waals surface area contributed by atoms with Crippen molar-refractivity contribution in [2.75, 3.05) is 5.32 Å². The number of alkyl halides is 4. The summed E-state index contributed by atoms with van der Waals surface area (Å²) in [5.41, 5.74) is -1.23. The van der Waals surface area contributed by atoms with Crippen LogP contribution in [0.25, 0.3) is 21.1 Å². The van der Waals surface area contributed by atoms with E-state index in [0.29, 0.717) is 5.39 Å². The molecular weight excluding hydrogens is 472 g/mol. The number of fused-ring (bicyclic) bond motifs is 3. The summed E-state index contributed by atoms with van der Waals surface area (Å²) in [6.45, 7) is 6.54. The predicted octanol–water partition coefficient (Wildman–Crippen LogP) is 4.25. The van der Waals surface area contributed by atoms with E-state index in [0.717, 1.165) is 22.1 Å². The normalized spacial score (nSPS) is 13.2. The van der Waals surface area contributed by atoms with Crippen LogP contribution >= 0.6 is 27.3 Å². The topological polar surface area (TPSA) is 76.9 Å². The molecule has 29 heavy (non-hydrogen) atoms. The first-order chi connectivity index (χ1) is 13.1. The Bertz CT molecular complexity index is 1140. The fraction of sp³-hybridized carbons (Fsp3) is 0.412. The van der Waals surface area contributed by atoms with Crippen molar-refractivity contribution < 1.29 is 22.8 Å². The molecule has 0 aliphatic carbocycles. The van der Waals surface area contributed by atoms with Gasteiger partial charge in [0.25, 0.3) is 0 Å². The van der Waals surface area contributed by atoms with Gasteiger partial charge in [-0.1, -0.05) is 41.1 Å². The number of amides is 1. The Labute approximate surface area is 177 Å². The molecule has 0 unspecified atom stereocenters. The molecule has 3 aromatic rings. The summed E-state index contributed by atoms with van der Waals surface area (Å²) in [4.78, 5) is 28.8. The van der Waals surface area contributed by atoms with Gasteiger partial charge in [0.2, 0.25) is 11.8 Å². The molecule has 1 amide bonds. The molecule has 0 radical (unpaired) electrons. The van der Waals surface area contributed by atoms with Crippen LogP contribution in [0.2, 0.25) is 5.31 Å². The summed E-state index contributed by atoms with van der Waals surface area (Å²) in [5, 5.41) is 6.12. The number of carbonyl (C=O) groups excluding carboxylic acids is 2. The maximum absolute atomic E-state index is 13.7. The van der Waals surface area contributed by atoms with E-state index in [2.05, 4.69) is 31.3 Å². The van der Waals surface area contributed by atoms with Crippen LogP contribution in [0, 0.1) is 0 Å². The van der Waals surface area contributed by atoms with Gasteiger partial charge in [-0.2, -0.15) is 18.3 Å². The van der Waals surface area contributed by atoms with Crippen molar-refractivity contribution >= 4 is 73.2 Å². The van der Waals surface area contributed by atoms with Crippen LogP contribution in [0.15, 0.2) is 12.3 Å². The third kappa shape index (κ3) is 4.04. The number of rotatable bonds is 3. The minimum absolute atomic E-state index is 0.0328. The molecule has 0 saturated carbocycles. The lowest BCUT2D eigenvalue weighted by atomic mass is 9.72. The van der Waals surface area contributed by atoms with E-state index in [9.17, 15) is 22.8 Å². The van der Waals surface area contributed by atoms with Crippen LogP contribution in [0.5, 0.6) is 0 Å². The number of anilines is 1. The Morgan fingerprint density at radius 2 is 1.86 bits per heavy atom. The zero-order valence-corrected chi connectivity index (χ0v) is 18.6. The molecule has 0 fully saturated rings. The largest absolute Gasteiger partial charge is 0.418 e. The Morgan fingerprint density at radius 1 is 1.24 bits per heavy atom. The number of carbonyl (C=O) groups is 2. The van der Waals surface area contributed by atoms with Gasteiger partial charge in [0.1, 0.15) is 7.85 Å². The van der Waals surface area contributed by atoms with E-state index in [1.165, 1.54) is 6.20 Å². The van der Waals surface area contributed by atoms with Crippen LogP contribution in [0.3, 0.4) is 0 Å².